The number of aromatic nitrogens is 4. The van der Waals surface area contributed by atoms with Gasteiger partial charge in [-0.15, -0.1) is 0 Å². The second-order valence-electron chi connectivity index (χ2n) is 6.87. The molecule has 0 aliphatic carbocycles. The van der Waals surface area contributed by atoms with Gasteiger partial charge < -0.3 is 18.8 Å². The Bertz CT molecular complexity index is 882. The molecule has 7 nitrogen and oxygen atoms in total. The Morgan fingerprint density at radius 2 is 2.19 bits per heavy atom. The highest BCUT2D eigenvalue weighted by Crippen LogP contribution is 2.34. The zero-order chi connectivity index (χ0) is 18.6. The highest BCUT2D eigenvalue weighted by molar-refractivity contribution is 5.94. The van der Waals surface area contributed by atoms with Crippen LogP contribution in [0.25, 0.3) is 16.6 Å². The van der Waals surface area contributed by atoms with Gasteiger partial charge in [0.05, 0.1) is 42.4 Å². The predicted octanol–water partition coefficient (Wildman–Crippen LogP) is 3.12. The number of nitrogens with zero attached hydrogens (tertiary/aromatic N) is 4. The summed E-state index contributed by atoms with van der Waals surface area (Å²) in [5.41, 5.74) is 3.03. The van der Waals surface area contributed by atoms with Crippen LogP contribution in [0.15, 0.2) is 30.9 Å². The van der Waals surface area contributed by atoms with Gasteiger partial charge >= 0.3 is 0 Å². The van der Waals surface area contributed by atoms with E-state index in [9.17, 15) is 0 Å². The number of benzene rings is 1. The summed E-state index contributed by atoms with van der Waals surface area (Å²) < 4.78 is 21.2. The van der Waals surface area contributed by atoms with Crippen LogP contribution in [0.1, 0.15) is 25.0 Å². The fourth-order valence-corrected chi connectivity index (χ4v) is 3.70. The summed E-state index contributed by atoms with van der Waals surface area (Å²) in [4.78, 5) is 4.19. The summed E-state index contributed by atoms with van der Waals surface area (Å²) in [6.45, 7) is 4.66. The predicted molar refractivity (Wildman–Crippen MR) is 103 cm³/mol. The number of fused-ring (bicyclic) bond motifs is 1. The Morgan fingerprint density at radius 1 is 1.26 bits per heavy atom. The molecule has 1 aliphatic rings. The maximum absolute atomic E-state index is 6.02. The lowest BCUT2D eigenvalue weighted by Gasteiger charge is -2.23. The van der Waals surface area contributed by atoms with Gasteiger partial charge in [0.25, 0.3) is 0 Å². The molecule has 1 atom stereocenters. The molecule has 3 aromatic rings. The van der Waals surface area contributed by atoms with Crippen LogP contribution >= 0.6 is 0 Å². The maximum Gasteiger partial charge on any atom is 0.145 e. The zero-order valence-corrected chi connectivity index (χ0v) is 15.9. The molecular weight excluding hydrogens is 344 g/mol. The molecule has 0 bridgehead atoms. The SMILES string of the molecule is COCCOc1ccc(-n2ccnc2)c2c(C)nn(CC3CCCCO3)c12. The van der Waals surface area contributed by atoms with E-state index in [1.54, 1.807) is 19.6 Å². The fourth-order valence-electron chi connectivity index (χ4n) is 3.70. The van der Waals surface area contributed by atoms with Crippen molar-refractivity contribution in [2.24, 2.45) is 0 Å². The molecule has 0 N–H and O–H groups in total. The van der Waals surface area contributed by atoms with Crippen LogP contribution < -0.4 is 4.74 Å². The lowest BCUT2D eigenvalue weighted by Crippen LogP contribution is -2.25. The summed E-state index contributed by atoms with van der Waals surface area (Å²) in [7, 11) is 1.68. The summed E-state index contributed by atoms with van der Waals surface area (Å²) in [5.74, 6) is 0.822. The molecule has 1 unspecified atom stereocenters. The van der Waals surface area contributed by atoms with Crippen LogP contribution in [0.5, 0.6) is 5.75 Å². The molecule has 144 valence electrons. The average molecular weight is 370 g/mol. The summed E-state index contributed by atoms with van der Waals surface area (Å²) >= 11 is 0. The zero-order valence-electron chi connectivity index (χ0n) is 15.9. The Morgan fingerprint density at radius 3 is 2.93 bits per heavy atom. The lowest BCUT2D eigenvalue weighted by molar-refractivity contribution is 0.00463. The van der Waals surface area contributed by atoms with Gasteiger partial charge in [0, 0.05) is 26.1 Å². The molecule has 0 saturated carbocycles. The minimum absolute atomic E-state index is 0.199. The summed E-state index contributed by atoms with van der Waals surface area (Å²) in [5, 5.41) is 5.92. The van der Waals surface area contributed by atoms with Crippen molar-refractivity contribution < 1.29 is 14.2 Å². The quantitative estimate of drug-likeness (QED) is 0.598. The number of aryl methyl sites for hydroxylation is 1. The largest absolute Gasteiger partial charge is 0.489 e. The molecule has 1 saturated heterocycles. The van der Waals surface area contributed by atoms with Crippen LogP contribution in [0, 0.1) is 6.92 Å². The van der Waals surface area contributed by atoms with Gasteiger partial charge in [-0.3, -0.25) is 4.68 Å². The number of rotatable bonds is 7. The Kier molecular flexibility index (Phi) is 5.40. The van der Waals surface area contributed by atoms with E-state index >= 15 is 0 Å². The highest BCUT2D eigenvalue weighted by atomic mass is 16.5. The van der Waals surface area contributed by atoms with Gasteiger partial charge in [0.15, 0.2) is 0 Å². The van der Waals surface area contributed by atoms with E-state index < -0.39 is 0 Å². The van der Waals surface area contributed by atoms with E-state index in [0.29, 0.717) is 13.2 Å². The monoisotopic (exact) mass is 370 g/mol. The first kappa shape index (κ1) is 18.0. The van der Waals surface area contributed by atoms with E-state index in [1.165, 1.54) is 6.42 Å². The first-order chi connectivity index (χ1) is 13.3. The summed E-state index contributed by atoms with van der Waals surface area (Å²) in [6, 6.07) is 4.06. The number of imidazole rings is 1. The molecule has 3 heterocycles. The van der Waals surface area contributed by atoms with E-state index in [2.05, 4.69) is 11.1 Å². The van der Waals surface area contributed by atoms with Gasteiger partial charge in [0.2, 0.25) is 0 Å². The molecule has 2 aromatic heterocycles. The standard InChI is InChI=1S/C20H26N4O3/c1-15-19-17(23-9-8-21-14-23)6-7-18(27-12-11-25-2)20(19)24(22-15)13-16-5-3-4-10-26-16/h6-9,14,16H,3-5,10-13H2,1-2H3. The van der Waals surface area contributed by atoms with Crippen LogP contribution in [0.2, 0.25) is 0 Å². The van der Waals surface area contributed by atoms with Crippen molar-refractivity contribution in [3.05, 3.63) is 36.5 Å². The first-order valence-corrected chi connectivity index (χ1v) is 9.49. The normalized spacial score (nSPS) is 17.5. The topological polar surface area (TPSA) is 63.3 Å². The minimum atomic E-state index is 0.199. The molecule has 4 rings (SSSR count). The van der Waals surface area contributed by atoms with Gasteiger partial charge in [0.1, 0.15) is 17.9 Å². The van der Waals surface area contributed by atoms with Crippen molar-refractivity contribution in [1.82, 2.24) is 19.3 Å². The second kappa shape index (κ2) is 8.10. The van der Waals surface area contributed by atoms with E-state index in [0.717, 1.165) is 54.0 Å². The molecule has 0 spiro atoms. The Labute approximate surface area is 158 Å². The van der Waals surface area contributed by atoms with Crippen molar-refractivity contribution in [3.8, 4) is 11.4 Å². The second-order valence-corrected chi connectivity index (χ2v) is 6.87. The van der Waals surface area contributed by atoms with Crippen molar-refractivity contribution in [2.75, 3.05) is 26.9 Å². The molecule has 1 fully saturated rings. The Hall–Kier alpha value is -2.38. The number of hydrogen-bond acceptors (Lipinski definition) is 5. The molecule has 0 amide bonds. The van der Waals surface area contributed by atoms with E-state index in [1.807, 2.05) is 28.4 Å². The van der Waals surface area contributed by atoms with Crippen LogP contribution in [0.3, 0.4) is 0 Å². The third-order valence-electron chi connectivity index (χ3n) is 4.99. The van der Waals surface area contributed by atoms with Crippen molar-refractivity contribution in [1.29, 1.82) is 0 Å². The van der Waals surface area contributed by atoms with Gasteiger partial charge in [-0.25, -0.2) is 4.98 Å². The average Bonchev–Trinajstić information content (AvgIpc) is 3.32. The third-order valence-corrected chi connectivity index (χ3v) is 4.99. The number of methoxy groups -OCH3 is 1. The number of hydrogen-bond donors (Lipinski definition) is 0. The van der Waals surface area contributed by atoms with Gasteiger partial charge in [-0.05, 0) is 38.3 Å². The molecule has 1 aliphatic heterocycles. The molecule has 7 heteroatoms. The van der Waals surface area contributed by atoms with Crippen LogP contribution in [-0.4, -0.2) is 52.4 Å². The van der Waals surface area contributed by atoms with Gasteiger partial charge in [-0.1, -0.05) is 0 Å². The van der Waals surface area contributed by atoms with Crippen molar-refractivity contribution in [2.45, 2.75) is 38.8 Å². The van der Waals surface area contributed by atoms with Crippen molar-refractivity contribution >= 4 is 10.9 Å². The number of ether oxygens (including phenoxy) is 3. The molecule has 0 radical (unpaired) electrons. The maximum atomic E-state index is 6.02. The third kappa shape index (κ3) is 3.70. The first-order valence-electron chi connectivity index (χ1n) is 9.49. The van der Waals surface area contributed by atoms with E-state index in [-0.39, 0.29) is 6.10 Å². The Balaban J connectivity index is 1.78. The van der Waals surface area contributed by atoms with Crippen LogP contribution in [0.4, 0.5) is 0 Å². The van der Waals surface area contributed by atoms with Crippen molar-refractivity contribution in [3.63, 3.8) is 0 Å². The highest BCUT2D eigenvalue weighted by Gasteiger charge is 2.21. The molecule has 1 aromatic carbocycles. The van der Waals surface area contributed by atoms with E-state index in [4.69, 9.17) is 19.3 Å². The summed E-state index contributed by atoms with van der Waals surface area (Å²) in [6.07, 6.45) is 9.16. The van der Waals surface area contributed by atoms with Gasteiger partial charge in [-0.2, -0.15) is 5.10 Å². The smallest absolute Gasteiger partial charge is 0.145 e. The minimum Gasteiger partial charge on any atom is -0.489 e. The van der Waals surface area contributed by atoms with Crippen LogP contribution in [-0.2, 0) is 16.0 Å². The fraction of sp³-hybridized carbons (Fsp3) is 0.500. The molecular formula is C20H26N4O3. The lowest BCUT2D eigenvalue weighted by atomic mass is 10.1. The molecule has 27 heavy (non-hydrogen) atoms.